The van der Waals surface area contributed by atoms with E-state index in [1.807, 2.05) is 18.2 Å². The van der Waals surface area contributed by atoms with Crippen molar-refractivity contribution in [3.8, 4) is 5.75 Å². The van der Waals surface area contributed by atoms with E-state index < -0.39 is 0 Å². The van der Waals surface area contributed by atoms with Crippen molar-refractivity contribution in [1.82, 2.24) is 0 Å². The van der Waals surface area contributed by atoms with Crippen LogP contribution in [-0.2, 0) is 0 Å². The molecule has 0 saturated carbocycles. The zero-order chi connectivity index (χ0) is 11.5. The van der Waals surface area contributed by atoms with E-state index in [4.69, 9.17) is 11.5 Å². The van der Waals surface area contributed by atoms with Gasteiger partial charge >= 0.3 is 0 Å². The summed E-state index contributed by atoms with van der Waals surface area (Å²) in [6.07, 6.45) is 0.781. The maximum absolute atomic E-state index is 9.35. The quantitative estimate of drug-likeness (QED) is 0.733. The lowest BCUT2D eigenvalue weighted by Crippen LogP contribution is -2.15. The van der Waals surface area contributed by atoms with Gasteiger partial charge in [-0.25, -0.2) is 0 Å². The summed E-state index contributed by atoms with van der Waals surface area (Å²) in [5.41, 5.74) is 12.6. The molecule has 0 aliphatic carbocycles. The molecule has 0 aromatic heterocycles. The van der Waals surface area contributed by atoms with Gasteiger partial charge in [-0.2, -0.15) is 0 Å². The molecule has 0 amide bonds. The van der Waals surface area contributed by atoms with Gasteiger partial charge in [0.15, 0.2) is 0 Å². The average molecular weight is 216 g/mol. The normalized spacial score (nSPS) is 12.9. The van der Waals surface area contributed by atoms with Crippen LogP contribution in [0.1, 0.15) is 18.0 Å². The number of hydrogen-bond acceptors (Lipinski definition) is 3. The highest BCUT2D eigenvalue weighted by Gasteiger charge is 2.05. The Bertz CT molecular complexity index is 496. The van der Waals surface area contributed by atoms with Gasteiger partial charge in [-0.3, -0.25) is 0 Å². The molecule has 2 aromatic carbocycles. The molecule has 3 heteroatoms. The molecule has 0 heterocycles. The summed E-state index contributed by atoms with van der Waals surface area (Å²) in [7, 11) is 0. The number of nitrogens with two attached hydrogens (primary N) is 2. The fourth-order valence-corrected chi connectivity index (χ4v) is 1.83. The van der Waals surface area contributed by atoms with Crippen LogP contribution in [-0.4, -0.2) is 11.7 Å². The number of phenolic OH excluding ortho intramolecular Hbond substituents is 1. The van der Waals surface area contributed by atoms with E-state index in [0.29, 0.717) is 6.54 Å². The van der Waals surface area contributed by atoms with E-state index in [1.54, 1.807) is 12.1 Å². The van der Waals surface area contributed by atoms with Gasteiger partial charge < -0.3 is 16.6 Å². The molecule has 0 saturated heterocycles. The van der Waals surface area contributed by atoms with Crippen LogP contribution < -0.4 is 11.5 Å². The summed E-state index contributed by atoms with van der Waals surface area (Å²) in [5, 5.41) is 11.5. The Labute approximate surface area is 94.7 Å². The molecule has 2 aromatic rings. The van der Waals surface area contributed by atoms with Crippen molar-refractivity contribution in [3.05, 3.63) is 42.0 Å². The molecular formula is C13H16N2O. The van der Waals surface area contributed by atoms with E-state index >= 15 is 0 Å². The average Bonchev–Trinajstić information content (AvgIpc) is 2.28. The number of aromatic hydroxyl groups is 1. The van der Waals surface area contributed by atoms with Crippen LogP contribution in [0.2, 0.25) is 0 Å². The standard InChI is InChI=1S/C13H16N2O/c14-6-5-13(15)11-2-1-10-8-12(16)4-3-9(10)7-11/h1-4,7-8,13,16H,5-6,14-15H2/t13-/m0/s1. The van der Waals surface area contributed by atoms with Crippen molar-refractivity contribution in [3.63, 3.8) is 0 Å². The molecule has 0 fully saturated rings. The van der Waals surface area contributed by atoms with Gasteiger partial charge in [-0.15, -0.1) is 0 Å². The van der Waals surface area contributed by atoms with E-state index in [1.165, 1.54) is 0 Å². The first-order chi connectivity index (χ1) is 7.70. The largest absolute Gasteiger partial charge is 0.508 e. The third-order valence-electron chi connectivity index (χ3n) is 2.75. The molecule has 3 nitrogen and oxygen atoms in total. The molecule has 0 aliphatic rings. The zero-order valence-corrected chi connectivity index (χ0v) is 9.06. The topological polar surface area (TPSA) is 72.3 Å². The third-order valence-corrected chi connectivity index (χ3v) is 2.75. The van der Waals surface area contributed by atoms with Crippen LogP contribution in [0.4, 0.5) is 0 Å². The first-order valence-electron chi connectivity index (χ1n) is 5.39. The fraction of sp³-hybridized carbons (Fsp3) is 0.231. The monoisotopic (exact) mass is 216 g/mol. The Morgan fingerprint density at radius 1 is 1.06 bits per heavy atom. The second kappa shape index (κ2) is 4.51. The second-order valence-electron chi connectivity index (χ2n) is 3.97. The van der Waals surface area contributed by atoms with E-state index in [2.05, 4.69) is 6.07 Å². The highest BCUT2D eigenvalue weighted by atomic mass is 16.3. The minimum absolute atomic E-state index is 0.0109. The molecular weight excluding hydrogens is 200 g/mol. The molecule has 2 rings (SSSR count). The van der Waals surface area contributed by atoms with Gasteiger partial charge in [0.25, 0.3) is 0 Å². The van der Waals surface area contributed by atoms with Crippen molar-refractivity contribution in [2.45, 2.75) is 12.5 Å². The van der Waals surface area contributed by atoms with Crippen LogP contribution in [0, 0.1) is 0 Å². The van der Waals surface area contributed by atoms with Gasteiger partial charge in [0, 0.05) is 6.04 Å². The van der Waals surface area contributed by atoms with Crippen LogP contribution in [0.3, 0.4) is 0 Å². The highest BCUT2D eigenvalue weighted by Crippen LogP contribution is 2.23. The fourth-order valence-electron chi connectivity index (χ4n) is 1.83. The molecule has 1 atom stereocenters. The van der Waals surface area contributed by atoms with Crippen LogP contribution in [0.15, 0.2) is 36.4 Å². The first kappa shape index (κ1) is 10.9. The zero-order valence-electron chi connectivity index (χ0n) is 9.06. The molecule has 0 spiro atoms. The Hall–Kier alpha value is -1.58. The van der Waals surface area contributed by atoms with E-state index in [-0.39, 0.29) is 11.8 Å². The Morgan fingerprint density at radius 2 is 1.75 bits per heavy atom. The smallest absolute Gasteiger partial charge is 0.116 e. The van der Waals surface area contributed by atoms with Gasteiger partial charge in [0.05, 0.1) is 0 Å². The van der Waals surface area contributed by atoms with Crippen molar-refractivity contribution in [1.29, 1.82) is 0 Å². The van der Waals surface area contributed by atoms with Crippen LogP contribution in [0.25, 0.3) is 10.8 Å². The van der Waals surface area contributed by atoms with Crippen LogP contribution >= 0.6 is 0 Å². The van der Waals surface area contributed by atoms with Gasteiger partial charge in [0.2, 0.25) is 0 Å². The number of phenols is 1. The van der Waals surface area contributed by atoms with E-state index in [9.17, 15) is 5.11 Å². The number of fused-ring (bicyclic) bond motifs is 1. The SMILES string of the molecule is NCC[C@H](N)c1ccc2cc(O)ccc2c1. The first-order valence-corrected chi connectivity index (χ1v) is 5.39. The lowest BCUT2D eigenvalue weighted by Gasteiger charge is -2.11. The Balaban J connectivity index is 2.40. The second-order valence-corrected chi connectivity index (χ2v) is 3.97. The summed E-state index contributed by atoms with van der Waals surface area (Å²) < 4.78 is 0. The third kappa shape index (κ3) is 2.15. The van der Waals surface area contributed by atoms with Gasteiger partial charge in [-0.1, -0.05) is 18.2 Å². The van der Waals surface area contributed by atoms with E-state index in [0.717, 1.165) is 22.8 Å². The van der Waals surface area contributed by atoms with Gasteiger partial charge in [0.1, 0.15) is 5.75 Å². The molecule has 0 bridgehead atoms. The molecule has 0 unspecified atom stereocenters. The minimum Gasteiger partial charge on any atom is -0.508 e. The Kier molecular flexibility index (Phi) is 3.08. The van der Waals surface area contributed by atoms with Crippen molar-refractivity contribution < 1.29 is 5.11 Å². The lowest BCUT2D eigenvalue weighted by molar-refractivity contribution is 0.476. The molecule has 16 heavy (non-hydrogen) atoms. The minimum atomic E-state index is -0.0109. The predicted molar refractivity (Wildman–Crippen MR) is 66.2 cm³/mol. The molecule has 5 N–H and O–H groups in total. The lowest BCUT2D eigenvalue weighted by atomic mass is 10.0. The van der Waals surface area contributed by atoms with Crippen molar-refractivity contribution in [2.75, 3.05) is 6.54 Å². The number of hydrogen-bond donors (Lipinski definition) is 3. The number of rotatable bonds is 3. The number of benzene rings is 2. The van der Waals surface area contributed by atoms with Crippen molar-refractivity contribution >= 4 is 10.8 Å². The molecule has 0 radical (unpaired) electrons. The van der Waals surface area contributed by atoms with Crippen molar-refractivity contribution in [2.24, 2.45) is 11.5 Å². The summed E-state index contributed by atoms with van der Waals surface area (Å²) in [5.74, 6) is 0.284. The van der Waals surface area contributed by atoms with Gasteiger partial charge in [-0.05, 0) is 47.5 Å². The summed E-state index contributed by atoms with van der Waals surface area (Å²) >= 11 is 0. The summed E-state index contributed by atoms with van der Waals surface area (Å²) in [6, 6.07) is 11.3. The maximum atomic E-state index is 9.35. The maximum Gasteiger partial charge on any atom is 0.116 e. The van der Waals surface area contributed by atoms with Crippen LogP contribution in [0.5, 0.6) is 5.75 Å². The molecule has 84 valence electrons. The highest BCUT2D eigenvalue weighted by molar-refractivity contribution is 5.84. The predicted octanol–water partition coefficient (Wildman–Crippen LogP) is 1.89. The Morgan fingerprint density at radius 3 is 2.50 bits per heavy atom. The summed E-state index contributed by atoms with van der Waals surface area (Å²) in [6.45, 7) is 0.592. The molecule has 0 aliphatic heterocycles. The summed E-state index contributed by atoms with van der Waals surface area (Å²) in [4.78, 5) is 0.